The molecule has 0 fully saturated rings. The summed E-state index contributed by atoms with van der Waals surface area (Å²) in [4.78, 5) is 0.988. The highest BCUT2D eigenvalue weighted by Gasteiger charge is 2.17. The monoisotopic (exact) mass is 209 g/mol. The fraction of sp³-hybridized carbons (Fsp3) is 0.444. The van der Waals surface area contributed by atoms with Gasteiger partial charge in [-0.05, 0) is 31.8 Å². The summed E-state index contributed by atoms with van der Waals surface area (Å²) in [6, 6.07) is 0. The van der Waals surface area contributed by atoms with Crippen molar-refractivity contribution in [3.63, 3.8) is 0 Å². The predicted molar refractivity (Wildman–Crippen MR) is 54.3 cm³/mol. The number of rotatable bonds is 2. The van der Waals surface area contributed by atoms with Crippen LogP contribution in [-0.2, 0) is 6.42 Å². The topological polar surface area (TPSA) is 51.8 Å². The molecule has 0 aliphatic rings. The molecule has 0 bridgehead atoms. The van der Waals surface area contributed by atoms with Gasteiger partial charge in [0.15, 0.2) is 5.76 Å². The zero-order valence-electron chi connectivity index (χ0n) is 8.37. The van der Waals surface area contributed by atoms with Crippen molar-refractivity contribution in [1.82, 2.24) is 14.7 Å². The molecule has 0 radical (unpaired) electrons. The first-order chi connectivity index (χ1) is 6.74. The Morgan fingerprint density at radius 2 is 2.07 bits per heavy atom. The highest BCUT2D eigenvalue weighted by molar-refractivity contribution is 7.09. The van der Waals surface area contributed by atoms with E-state index in [1.165, 1.54) is 11.5 Å². The van der Waals surface area contributed by atoms with E-state index < -0.39 is 0 Å². The molecule has 0 unspecified atom stereocenters. The quantitative estimate of drug-likeness (QED) is 0.762. The highest BCUT2D eigenvalue weighted by Crippen LogP contribution is 2.30. The van der Waals surface area contributed by atoms with E-state index in [0.717, 1.165) is 34.0 Å². The first-order valence-electron chi connectivity index (χ1n) is 4.48. The molecule has 0 amide bonds. The summed E-state index contributed by atoms with van der Waals surface area (Å²) in [7, 11) is 0. The first-order valence-corrected chi connectivity index (χ1v) is 5.25. The van der Waals surface area contributed by atoms with Crippen molar-refractivity contribution in [3.8, 4) is 10.6 Å². The Morgan fingerprint density at radius 3 is 2.64 bits per heavy atom. The summed E-state index contributed by atoms with van der Waals surface area (Å²) in [5.41, 5.74) is 3.01. The lowest BCUT2D eigenvalue weighted by Crippen LogP contribution is -1.84. The Labute approximate surface area is 86.1 Å². The molecule has 2 heterocycles. The maximum atomic E-state index is 5.29. The van der Waals surface area contributed by atoms with Gasteiger partial charge in [0.1, 0.15) is 4.88 Å². The van der Waals surface area contributed by atoms with E-state index >= 15 is 0 Å². The second kappa shape index (κ2) is 3.49. The van der Waals surface area contributed by atoms with Crippen molar-refractivity contribution in [2.75, 3.05) is 0 Å². The number of aryl methyl sites for hydroxylation is 2. The van der Waals surface area contributed by atoms with Gasteiger partial charge in [-0.1, -0.05) is 16.6 Å². The number of hydrogen-bond acceptors (Lipinski definition) is 5. The van der Waals surface area contributed by atoms with Crippen LogP contribution >= 0.6 is 11.5 Å². The van der Waals surface area contributed by atoms with E-state index in [-0.39, 0.29) is 0 Å². The summed E-state index contributed by atoms with van der Waals surface area (Å²) < 4.78 is 9.18. The molecule has 0 saturated carbocycles. The third-order valence-electron chi connectivity index (χ3n) is 2.20. The van der Waals surface area contributed by atoms with Gasteiger partial charge in [-0.15, -0.1) is 5.10 Å². The van der Waals surface area contributed by atoms with Crippen molar-refractivity contribution in [1.29, 1.82) is 0 Å². The summed E-state index contributed by atoms with van der Waals surface area (Å²) in [6.45, 7) is 5.97. The van der Waals surface area contributed by atoms with Crippen molar-refractivity contribution in [2.24, 2.45) is 0 Å². The third kappa shape index (κ3) is 1.33. The molecule has 4 nitrogen and oxygen atoms in total. The van der Waals surface area contributed by atoms with Crippen LogP contribution in [-0.4, -0.2) is 14.7 Å². The summed E-state index contributed by atoms with van der Waals surface area (Å²) in [6.07, 6.45) is 0.919. The fourth-order valence-electron chi connectivity index (χ4n) is 1.42. The van der Waals surface area contributed by atoms with Crippen LogP contribution < -0.4 is 0 Å². The molecule has 2 aromatic rings. The van der Waals surface area contributed by atoms with Gasteiger partial charge in [0.25, 0.3) is 0 Å². The Bertz CT molecular complexity index is 447. The molecule has 2 rings (SSSR count). The Hall–Kier alpha value is -1.23. The van der Waals surface area contributed by atoms with Gasteiger partial charge in [0.2, 0.25) is 0 Å². The minimum absolute atomic E-state index is 0.831. The smallest absolute Gasteiger partial charge is 0.183 e. The fourth-order valence-corrected chi connectivity index (χ4v) is 2.08. The normalized spacial score (nSPS) is 10.8. The van der Waals surface area contributed by atoms with Gasteiger partial charge in [-0.25, -0.2) is 0 Å². The zero-order valence-corrected chi connectivity index (χ0v) is 9.18. The van der Waals surface area contributed by atoms with E-state index in [9.17, 15) is 0 Å². The maximum Gasteiger partial charge on any atom is 0.183 e. The van der Waals surface area contributed by atoms with Crippen LogP contribution in [0.2, 0.25) is 0 Å². The van der Waals surface area contributed by atoms with Gasteiger partial charge in [0, 0.05) is 5.56 Å². The molecule has 14 heavy (non-hydrogen) atoms. The second-order valence-electron chi connectivity index (χ2n) is 3.12. The molecule has 5 heteroatoms. The van der Waals surface area contributed by atoms with Crippen molar-refractivity contribution >= 4 is 11.5 Å². The molecule has 0 atom stereocenters. The van der Waals surface area contributed by atoms with E-state index in [1.807, 2.05) is 13.8 Å². The molecule has 74 valence electrons. The van der Waals surface area contributed by atoms with Crippen LogP contribution in [0.25, 0.3) is 10.6 Å². The van der Waals surface area contributed by atoms with Gasteiger partial charge in [-0.2, -0.15) is 0 Å². The highest BCUT2D eigenvalue weighted by atomic mass is 32.1. The van der Waals surface area contributed by atoms with Crippen LogP contribution in [0.15, 0.2) is 4.52 Å². The summed E-state index contributed by atoms with van der Waals surface area (Å²) in [5, 5.41) is 7.92. The number of hydrogen-bond donors (Lipinski definition) is 0. The Kier molecular flexibility index (Phi) is 2.33. The zero-order chi connectivity index (χ0) is 10.1. The lowest BCUT2D eigenvalue weighted by atomic mass is 10.1. The van der Waals surface area contributed by atoms with Gasteiger partial charge < -0.3 is 4.52 Å². The van der Waals surface area contributed by atoms with E-state index in [4.69, 9.17) is 4.52 Å². The van der Waals surface area contributed by atoms with Crippen molar-refractivity contribution < 1.29 is 4.52 Å². The Balaban J connectivity index is 2.57. The molecule has 0 aromatic carbocycles. The second-order valence-corrected chi connectivity index (χ2v) is 3.87. The Morgan fingerprint density at radius 1 is 1.29 bits per heavy atom. The lowest BCUT2D eigenvalue weighted by Gasteiger charge is -1.94. The molecule has 0 N–H and O–H groups in total. The van der Waals surface area contributed by atoms with Crippen LogP contribution in [0.3, 0.4) is 0 Å². The summed E-state index contributed by atoms with van der Waals surface area (Å²) >= 11 is 1.35. The molecular formula is C9H11N3OS. The first kappa shape index (κ1) is 9.33. The molecule has 0 spiro atoms. The van der Waals surface area contributed by atoms with Gasteiger partial charge >= 0.3 is 0 Å². The largest absolute Gasteiger partial charge is 0.355 e. The van der Waals surface area contributed by atoms with E-state index in [1.54, 1.807) is 0 Å². The van der Waals surface area contributed by atoms with Crippen molar-refractivity contribution in [2.45, 2.75) is 27.2 Å². The van der Waals surface area contributed by atoms with Crippen LogP contribution in [0.5, 0.6) is 0 Å². The van der Waals surface area contributed by atoms with Crippen LogP contribution in [0, 0.1) is 13.8 Å². The average molecular weight is 209 g/mol. The maximum absolute atomic E-state index is 5.29. The lowest BCUT2D eigenvalue weighted by molar-refractivity contribution is 0.427. The standard InChI is InChI=1S/C9H11N3OS/c1-4-7-5(2)11-13-8(7)9-6(3)10-12-14-9/h4H2,1-3H3. The van der Waals surface area contributed by atoms with Crippen LogP contribution in [0.1, 0.15) is 23.9 Å². The van der Waals surface area contributed by atoms with Gasteiger partial charge in [0.05, 0.1) is 11.4 Å². The van der Waals surface area contributed by atoms with E-state index in [0.29, 0.717) is 0 Å². The molecule has 2 aromatic heterocycles. The van der Waals surface area contributed by atoms with Crippen LogP contribution in [0.4, 0.5) is 0 Å². The molecular weight excluding hydrogens is 198 g/mol. The van der Waals surface area contributed by atoms with Crippen molar-refractivity contribution in [3.05, 3.63) is 17.0 Å². The predicted octanol–water partition coefficient (Wildman–Crippen LogP) is 2.37. The molecule has 0 aliphatic carbocycles. The number of aromatic nitrogens is 3. The minimum Gasteiger partial charge on any atom is -0.355 e. The average Bonchev–Trinajstić information content (AvgIpc) is 2.71. The minimum atomic E-state index is 0.831. The molecule has 0 saturated heterocycles. The number of nitrogens with zero attached hydrogens (tertiary/aromatic N) is 3. The summed E-state index contributed by atoms with van der Waals surface area (Å²) in [5.74, 6) is 0.831. The van der Waals surface area contributed by atoms with E-state index in [2.05, 4.69) is 21.7 Å². The van der Waals surface area contributed by atoms with Gasteiger partial charge in [-0.3, -0.25) is 0 Å². The SMILES string of the molecule is CCc1c(C)noc1-c1snnc1C. The molecule has 0 aliphatic heterocycles. The third-order valence-corrected chi connectivity index (χ3v) is 3.02.